The number of hydrogen-bond acceptors (Lipinski definition) is 3. The minimum Gasteiger partial charge on any atom is -0.497 e. The normalized spacial score (nSPS) is 14.4. The number of carbonyl (C=O) groups is 1. The maximum Gasteiger partial charge on any atom is 0.158 e. The first kappa shape index (κ1) is 16.2. The van der Waals surface area contributed by atoms with Gasteiger partial charge < -0.3 is 10.1 Å². The minimum absolute atomic E-state index is 0.0389. The number of allylic oxidation sites excluding steroid dienone is 6. The molecule has 0 heterocycles. The first-order valence-electron chi connectivity index (χ1n) is 6.00. The van der Waals surface area contributed by atoms with Gasteiger partial charge in [-0.2, -0.15) is 0 Å². The van der Waals surface area contributed by atoms with Gasteiger partial charge in [-0.05, 0) is 31.6 Å². The minimum atomic E-state index is -0.0389. The Morgan fingerprint density at radius 1 is 1.50 bits per heavy atom. The van der Waals surface area contributed by atoms with E-state index in [9.17, 15) is 4.79 Å². The van der Waals surface area contributed by atoms with Gasteiger partial charge >= 0.3 is 0 Å². The molecule has 0 aromatic heterocycles. The number of hydrogen-bond donors (Lipinski definition) is 1. The Hall–Kier alpha value is -1.77. The summed E-state index contributed by atoms with van der Waals surface area (Å²) in [4.78, 5) is 11.8. The third-order valence-corrected chi connectivity index (χ3v) is 2.64. The molecule has 1 unspecified atom stereocenters. The second-order valence-electron chi connectivity index (χ2n) is 3.91. The molecule has 0 fully saturated rings. The molecule has 0 bridgehead atoms. The van der Waals surface area contributed by atoms with E-state index in [1.807, 2.05) is 27.0 Å². The zero-order valence-electron chi connectivity index (χ0n) is 11.7. The highest BCUT2D eigenvalue weighted by molar-refractivity contribution is 5.91. The Morgan fingerprint density at radius 2 is 2.17 bits per heavy atom. The van der Waals surface area contributed by atoms with E-state index in [0.29, 0.717) is 5.76 Å². The molecule has 0 aliphatic carbocycles. The van der Waals surface area contributed by atoms with Crippen LogP contribution in [0.1, 0.15) is 20.3 Å². The van der Waals surface area contributed by atoms with Crippen LogP contribution >= 0.6 is 0 Å². The zero-order chi connectivity index (χ0) is 14.0. The van der Waals surface area contributed by atoms with Gasteiger partial charge in [-0.3, -0.25) is 4.79 Å². The SMILES string of the molecule is C=C/C(=C\C=C\C(=O)C(C)C/C(=C/C)NC)OC. The van der Waals surface area contributed by atoms with E-state index in [-0.39, 0.29) is 11.7 Å². The molecule has 0 saturated carbocycles. The second kappa shape index (κ2) is 9.28. The van der Waals surface area contributed by atoms with Crippen molar-refractivity contribution in [3.8, 4) is 0 Å². The molecule has 1 atom stereocenters. The van der Waals surface area contributed by atoms with E-state index in [4.69, 9.17) is 4.74 Å². The van der Waals surface area contributed by atoms with Crippen LogP contribution in [0.15, 0.2) is 48.4 Å². The van der Waals surface area contributed by atoms with Crippen LogP contribution in [0, 0.1) is 5.92 Å². The van der Waals surface area contributed by atoms with Gasteiger partial charge in [0.05, 0.1) is 7.11 Å². The molecular formula is C15H23NO2. The smallest absolute Gasteiger partial charge is 0.158 e. The van der Waals surface area contributed by atoms with Crippen LogP contribution in [-0.4, -0.2) is 19.9 Å². The van der Waals surface area contributed by atoms with Crippen LogP contribution in [-0.2, 0) is 9.53 Å². The van der Waals surface area contributed by atoms with Gasteiger partial charge in [0.2, 0.25) is 0 Å². The van der Waals surface area contributed by atoms with Crippen LogP contribution in [0.5, 0.6) is 0 Å². The number of methoxy groups -OCH3 is 1. The van der Waals surface area contributed by atoms with Gasteiger partial charge in [0.25, 0.3) is 0 Å². The molecule has 1 N–H and O–H groups in total. The van der Waals surface area contributed by atoms with Crippen LogP contribution in [0.3, 0.4) is 0 Å². The van der Waals surface area contributed by atoms with Gasteiger partial charge in [0.15, 0.2) is 5.78 Å². The highest BCUT2D eigenvalue weighted by Gasteiger charge is 2.10. The van der Waals surface area contributed by atoms with Gasteiger partial charge in [-0.25, -0.2) is 0 Å². The summed E-state index contributed by atoms with van der Waals surface area (Å²) in [7, 11) is 3.43. The van der Waals surface area contributed by atoms with E-state index >= 15 is 0 Å². The Labute approximate surface area is 110 Å². The van der Waals surface area contributed by atoms with Crippen LogP contribution in [0.2, 0.25) is 0 Å². The average molecular weight is 249 g/mol. The summed E-state index contributed by atoms with van der Waals surface area (Å²) in [6, 6.07) is 0. The van der Waals surface area contributed by atoms with Crippen molar-refractivity contribution in [1.29, 1.82) is 0 Å². The van der Waals surface area contributed by atoms with E-state index < -0.39 is 0 Å². The second-order valence-corrected chi connectivity index (χ2v) is 3.91. The third-order valence-electron chi connectivity index (χ3n) is 2.64. The number of nitrogens with one attached hydrogen (secondary N) is 1. The lowest BCUT2D eigenvalue weighted by molar-refractivity contribution is -0.117. The lowest BCUT2D eigenvalue weighted by Crippen LogP contribution is -2.14. The molecule has 0 amide bonds. The number of ether oxygens (including phenoxy) is 1. The fourth-order valence-corrected chi connectivity index (χ4v) is 1.42. The molecule has 0 spiro atoms. The van der Waals surface area contributed by atoms with E-state index in [2.05, 4.69) is 11.9 Å². The fraction of sp³-hybridized carbons (Fsp3) is 0.400. The summed E-state index contributed by atoms with van der Waals surface area (Å²) in [6.45, 7) is 7.47. The largest absolute Gasteiger partial charge is 0.497 e. The van der Waals surface area contributed by atoms with Gasteiger partial charge in [-0.1, -0.05) is 25.7 Å². The van der Waals surface area contributed by atoms with Crippen LogP contribution in [0.4, 0.5) is 0 Å². The third kappa shape index (κ3) is 6.09. The molecule has 0 aromatic carbocycles. The monoisotopic (exact) mass is 249 g/mol. The standard InChI is InChI=1S/C15H23NO2/c1-6-13(16-4)11-12(3)15(17)10-8-9-14(7-2)18-5/h6-10,12,16H,2,11H2,1,3-5H3/b10-8+,13-6-,14-9+. The number of rotatable bonds is 8. The maximum atomic E-state index is 11.8. The molecule has 18 heavy (non-hydrogen) atoms. The fourth-order valence-electron chi connectivity index (χ4n) is 1.42. The molecule has 0 saturated heterocycles. The van der Waals surface area contributed by atoms with Crippen molar-refractivity contribution in [1.82, 2.24) is 5.32 Å². The van der Waals surface area contributed by atoms with Crippen LogP contribution in [0.25, 0.3) is 0 Å². The first-order valence-corrected chi connectivity index (χ1v) is 6.00. The van der Waals surface area contributed by atoms with Crippen LogP contribution < -0.4 is 5.32 Å². The lowest BCUT2D eigenvalue weighted by atomic mass is 10.00. The van der Waals surface area contributed by atoms with Gasteiger partial charge in [-0.15, -0.1) is 0 Å². The summed E-state index contributed by atoms with van der Waals surface area (Å²) in [5.74, 6) is 0.694. The average Bonchev–Trinajstić information content (AvgIpc) is 2.40. The molecule has 0 aliphatic rings. The topological polar surface area (TPSA) is 38.3 Å². The van der Waals surface area contributed by atoms with Gasteiger partial charge in [0, 0.05) is 18.7 Å². The maximum absolute atomic E-state index is 11.8. The molecule has 3 nitrogen and oxygen atoms in total. The zero-order valence-corrected chi connectivity index (χ0v) is 11.7. The van der Waals surface area contributed by atoms with Gasteiger partial charge in [0.1, 0.15) is 5.76 Å². The summed E-state index contributed by atoms with van der Waals surface area (Å²) < 4.78 is 5.00. The highest BCUT2D eigenvalue weighted by atomic mass is 16.5. The van der Waals surface area contributed by atoms with Crippen molar-refractivity contribution in [2.24, 2.45) is 5.92 Å². The van der Waals surface area contributed by atoms with Crippen molar-refractivity contribution in [2.75, 3.05) is 14.2 Å². The van der Waals surface area contributed by atoms with E-state index in [0.717, 1.165) is 12.1 Å². The predicted molar refractivity (Wildman–Crippen MR) is 76.0 cm³/mol. The Balaban J connectivity index is 4.45. The Morgan fingerprint density at radius 3 is 2.61 bits per heavy atom. The Kier molecular flexibility index (Phi) is 8.37. The highest BCUT2D eigenvalue weighted by Crippen LogP contribution is 2.10. The van der Waals surface area contributed by atoms with Crippen molar-refractivity contribution >= 4 is 5.78 Å². The molecule has 0 aromatic rings. The Bertz CT molecular complexity index is 365. The predicted octanol–water partition coefficient (Wildman–Crippen LogP) is 2.98. The summed E-state index contributed by atoms with van der Waals surface area (Å²) in [5, 5.41) is 3.07. The summed E-state index contributed by atoms with van der Waals surface area (Å²) in [6.07, 6.45) is 9.26. The van der Waals surface area contributed by atoms with Crippen molar-refractivity contribution in [3.63, 3.8) is 0 Å². The number of carbonyl (C=O) groups excluding carboxylic acids is 1. The quantitative estimate of drug-likeness (QED) is 0.408. The summed E-state index contributed by atoms with van der Waals surface area (Å²) in [5.41, 5.74) is 1.07. The molecule has 0 rings (SSSR count). The summed E-state index contributed by atoms with van der Waals surface area (Å²) >= 11 is 0. The van der Waals surface area contributed by atoms with Crippen molar-refractivity contribution in [3.05, 3.63) is 48.4 Å². The molecule has 0 aliphatic heterocycles. The molecular weight excluding hydrogens is 226 g/mol. The van der Waals surface area contributed by atoms with E-state index in [1.54, 1.807) is 31.4 Å². The van der Waals surface area contributed by atoms with Crippen molar-refractivity contribution < 1.29 is 9.53 Å². The number of ketones is 1. The van der Waals surface area contributed by atoms with E-state index in [1.165, 1.54) is 0 Å². The lowest BCUT2D eigenvalue weighted by Gasteiger charge is -2.10. The molecule has 3 heteroatoms. The molecule has 100 valence electrons. The molecule has 0 radical (unpaired) electrons. The first-order chi connectivity index (χ1) is 8.58. The van der Waals surface area contributed by atoms with Crippen molar-refractivity contribution in [2.45, 2.75) is 20.3 Å².